The van der Waals surface area contributed by atoms with Crippen molar-refractivity contribution in [2.24, 2.45) is 0 Å². The zero-order valence-corrected chi connectivity index (χ0v) is 10.1. The molecule has 0 saturated carbocycles. The molecule has 0 radical (unpaired) electrons. The third kappa shape index (κ3) is 2.11. The van der Waals surface area contributed by atoms with Gasteiger partial charge in [-0.2, -0.15) is 0 Å². The Morgan fingerprint density at radius 1 is 1.06 bits per heavy atom. The van der Waals surface area contributed by atoms with Gasteiger partial charge in [-0.3, -0.25) is 4.98 Å². The molecule has 0 aliphatic heterocycles. The summed E-state index contributed by atoms with van der Waals surface area (Å²) in [6.45, 7) is 0. The van der Waals surface area contributed by atoms with Crippen LogP contribution in [0, 0.1) is 0 Å². The van der Waals surface area contributed by atoms with Crippen LogP contribution in [0.4, 0.5) is 0 Å². The van der Waals surface area contributed by atoms with Crippen LogP contribution in [-0.4, -0.2) is 4.98 Å². The summed E-state index contributed by atoms with van der Waals surface area (Å²) in [5.74, 6) is 0. The van der Waals surface area contributed by atoms with Crippen LogP contribution in [0.2, 0.25) is 5.02 Å². The monoisotopic (exact) mass is 241 g/mol. The molecule has 2 aromatic rings. The largest absolute Gasteiger partial charge is 0.265 e. The summed E-state index contributed by atoms with van der Waals surface area (Å²) < 4.78 is 0. The molecule has 1 aliphatic carbocycles. The summed E-state index contributed by atoms with van der Waals surface area (Å²) in [5.41, 5.74) is 5.26. The average molecular weight is 242 g/mol. The van der Waals surface area contributed by atoms with Crippen LogP contribution in [-0.2, 0) is 6.42 Å². The number of aryl methyl sites for hydroxylation is 1. The Bertz CT molecular complexity index is 573. The third-order valence-corrected chi connectivity index (χ3v) is 3.36. The van der Waals surface area contributed by atoms with Crippen molar-refractivity contribution in [3.63, 3.8) is 0 Å². The molecule has 0 atom stereocenters. The molecule has 1 heterocycles. The number of nitrogens with zero attached hydrogens (tertiary/aromatic N) is 1. The molecule has 84 valence electrons. The number of pyridine rings is 1. The molecule has 17 heavy (non-hydrogen) atoms. The molecular weight excluding hydrogens is 230 g/mol. The molecule has 2 heteroatoms. The predicted octanol–water partition coefficient (Wildman–Crippen LogP) is 4.22. The topological polar surface area (TPSA) is 12.9 Å². The van der Waals surface area contributed by atoms with Crippen LogP contribution < -0.4 is 0 Å². The van der Waals surface area contributed by atoms with Crippen molar-refractivity contribution >= 4 is 23.3 Å². The molecule has 0 N–H and O–H groups in total. The van der Waals surface area contributed by atoms with Gasteiger partial charge in [0.25, 0.3) is 0 Å². The van der Waals surface area contributed by atoms with E-state index in [1.54, 1.807) is 0 Å². The summed E-state index contributed by atoms with van der Waals surface area (Å²) in [7, 11) is 0. The van der Waals surface area contributed by atoms with Gasteiger partial charge in [0, 0.05) is 17.4 Å². The summed E-state index contributed by atoms with van der Waals surface area (Å²) in [6.07, 6.45) is 8.08. The molecule has 1 aromatic heterocycles. The van der Waals surface area contributed by atoms with Crippen molar-refractivity contribution in [3.05, 3.63) is 64.4 Å². The van der Waals surface area contributed by atoms with Crippen LogP contribution in [0.3, 0.4) is 0 Å². The van der Waals surface area contributed by atoms with Crippen molar-refractivity contribution in [1.82, 2.24) is 4.98 Å². The van der Waals surface area contributed by atoms with E-state index in [-0.39, 0.29) is 0 Å². The van der Waals surface area contributed by atoms with E-state index in [1.165, 1.54) is 22.3 Å². The van der Waals surface area contributed by atoms with Gasteiger partial charge in [0.2, 0.25) is 0 Å². The van der Waals surface area contributed by atoms with Gasteiger partial charge < -0.3 is 0 Å². The Balaban J connectivity index is 2.04. The minimum atomic E-state index is 0.811. The van der Waals surface area contributed by atoms with Crippen LogP contribution >= 0.6 is 11.6 Å². The second-order valence-electron chi connectivity index (χ2n) is 4.25. The second-order valence-corrected chi connectivity index (χ2v) is 4.69. The smallest absolute Gasteiger partial charge is 0.0412 e. The quantitative estimate of drug-likeness (QED) is 0.728. The van der Waals surface area contributed by atoms with E-state index in [2.05, 4.69) is 23.2 Å². The second kappa shape index (κ2) is 4.34. The molecule has 0 unspecified atom stereocenters. The fourth-order valence-corrected chi connectivity index (χ4v) is 2.45. The minimum Gasteiger partial charge on any atom is -0.265 e. The molecule has 0 saturated heterocycles. The molecule has 0 bridgehead atoms. The SMILES string of the molecule is Clc1ccc2c(c1)/C(=C\c1ccncc1)CC2. The molecule has 1 aliphatic rings. The number of aromatic nitrogens is 1. The van der Waals surface area contributed by atoms with Crippen molar-refractivity contribution in [2.75, 3.05) is 0 Å². The van der Waals surface area contributed by atoms with Gasteiger partial charge in [0.15, 0.2) is 0 Å². The zero-order valence-electron chi connectivity index (χ0n) is 9.36. The number of hydrogen-bond donors (Lipinski definition) is 0. The maximum Gasteiger partial charge on any atom is 0.0412 e. The number of benzene rings is 1. The molecule has 0 amide bonds. The van der Waals surface area contributed by atoms with Crippen molar-refractivity contribution in [2.45, 2.75) is 12.8 Å². The third-order valence-electron chi connectivity index (χ3n) is 3.13. The average Bonchev–Trinajstić information content (AvgIpc) is 2.73. The summed E-state index contributed by atoms with van der Waals surface area (Å²) in [6, 6.07) is 10.2. The fraction of sp³-hybridized carbons (Fsp3) is 0.133. The van der Waals surface area contributed by atoms with E-state index in [0.717, 1.165) is 17.9 Å². The Labute approximate surface area is 106 Å². The molecule has 1 nitrogen and oxygen atoms in total. The van der Waals surface area contributed by atoms with Gasteiger partial charge >= 0.3 is 0 Å². The lowest BCUT2D eigenvalue weighted by Gasteiger charge is -2.02. The molecule has 0 fully saturated rings. The fourth-order valence-electron chi connectivity index (χ4n) is 2.28. The first kappa shape index (κ1) is 10.5. The normalized spacial score (nSPS) is 16.2. The predicted molar refractivity (Wildman–Crippen MR) is 71.9 cm³/mol. The van der Waals surface area contributed by atoms with E-state index in [0.29, 0.717) is 0 Å². The van der Waals surface area contributed by atoms with Crippen LogP contribution in [0.5, 0.6) is 0 Å². The van der Waals surface area contributed by atoms with E-state index in [9.17, 15) is 0 Å². The lowest BCUT2D eigenvalue weighted by molar-refractivity contribution is 1.08. The summed E-state index contributed by atoms with van der Waals surface area (Å²) in [5, 5.41) is 0.811. The van der Waals surface area contributed by atoms with Crippen LogP contribution in [0.1, 0.15) is 23.1 Å². The van der Waals surface area contributed by atoms with Gasteiger partial charge in [-0.05, 0) is 59.4 Å². The van der Waals surface area contributed by atoms with Gasteiger partial charge in [0.05, 0.1) is 0 Å². The standard InChI is InChI=1S/C15H12ClN/c16-14-4-3-12-1-2-13(15(12)10-14)9-11-5-7-17-8-6-11/h3-10H,1-2H2/b13-9-. The van der Waals surface area contributed by atoms with Gasteiger partial charge in [-0.1, -0.05) is 23.7 Å². The number of fused-ring (bicyclic) bond motifs is 1. The van der Waals surface area contributed by atoms with Crippen molar-refractivity contribution in [1.29, 1.82) is 0 Å². The zero-order chi connectivity index (χ0) is 11.7. The van der Waals surface area contributed by atoms with Crippen LogP contribution in [0.15, 0.2) is 42.7 Å². The lowest BCUT2D eigenvalue weighted by atomic mass is 10.1. The van der Waals surface area contributed by atoms with Gasteiger partial charge in [-0.15, -0.1) is 0 Å². The lowest BCUT2D eigenvalue weighted by Crippen LogP contribution is -1.81. The summed E-state index contributed by atoms with van der Waals surface area (Å²) >= 11 is 6.05. The number of allylic oxidation sites excluding steroid dienone is 1. The highest BCUT2D eigenvalue weighted by Gasteiger charge is 2.15. The Morgan fingerprint density at radius 3 is 2.71 bits per heavy atom. The van der Waals surface area contributed by atoms with E-state index < -0.39 is 0 Å². The highest BCUT2D eigenvalue weighted by atomic mass is 35.5. The molecule has 0 spiro atoms. The van der Waals surface area contributed by atoms with E-state index >= 15 is 0 Å². The maximum atomic E-state index is 6.05. The Morgan fingerprint density at radius 2 is 1.88 bits per heavy atom. The van der Waals surface area contributed by atoms with E-state index in [1.807, 2.05) is 30.6 Å². The highest BCUT2D eigenvalue weighted by Crippen LogP contribution is 2.35. The number of halogens is 1. The first-order chi connectivity index (χ1) is 8.33. The van der Waals surface area contributed by atoms with Gasteiger partial charge in [-0.25, -0.2) is 0 Å². The minimum absolute atomic E-state index is 0.811. The molecule has 1 aromatic carbocycles. The van der Waals surface area contributed by atoms with Crippen molar-refractivity contribution in [3.8, 4) is 0 Å². The first-order valence-electron chi connectivity index (χ1n) is 5.72. The maximum absolute atomic E-state index is 6.05. The summed E-state index contributed by atoms with van der Waals surface area (Å²) in [4.78, 5) is 4.03. The Kier molecular flexibility index (Phi) is 2.69. The Hall–Kier alpha value is -1.60. The molecular formula is C15H12ClN. The van der Waals surface area contributed by atoms with Crippen molar-refractivity contribution < 1.29 is 0 Å². The number of rotatable bonds is 1. The van der Waals surface area contributed by atoms with E-state index in [4.69, 9.17) is 11.6 Å². The first-order valence-corrected chi connectivity index (χ1v) is 6.10. The van der Waals surface area contributed by atoms with Gasteiger partial charge in [0.1, 0.15) is 0 Å². The number of hydrogen-bond acceptors (Lipinski definition) is 1. The van der Waals surface area contributed by atoms with Crippen LogP contribution in [0.25, 0.3) is 11.6 Å². The molecule has 3 rings (SSSR count). The highest BCUT2D eigenvalue weighted by molar-refractivity contribution is 6.30.